The molecule has 2 aromatic rings. The van der Waals surface area contributed by atoms with Crippen LogP contribution in [0.4, 0.5) is 21.8 Å². The molecule has 34 heavy (non-hydrogen) atoms. The lowest BCUT2D eigenvalue weighted by Crippen LogP contribution is -2.62. The first-order valence-electron chi connectivity index (χ1n) is 11.2. The van der Waals surface area contributed by atoms with Crippen LogP contribution in [0.15, 0.2) is 53.7 Å². The molecule has 8 nitrogen and oxygen atoms in total. The summed E-state index contributed by atoms with van der Waals surface area (Å²) in [5.41, 5.74) is 3.71. The number of alkyl halides is 2. The minimum absolute atomic E-state index is 0.210. The van der Waals surface area contributed by atoms with Crippen LogP contribution in [-0.2, 0) is 13.0 Å². The van der Waals surface area contributed by atoms with E-state index in [4.69, 9.17) is 11.6 Å². The van der Waals surface area contributed by atoms with Crippen LogP contribution in [0.1, 0.15) is 21.5 Å². The number of likely N-dealkylation sites (N-methyl/N-ethyl adjacent to an activating group) is 1. The molecule has 0 radical (unpaired) electrons. The number of allylic oxidation sites excluding steroid dienone is 2. The summed E-state index contributed by atoms with van der Waals surface area (Å²) in [7, 11) is 2.11. The van der Waals surface area contributed by atoms with Gasteiger partial charge in [-0.25, -0.2) is 14.3 Å². The third kappa shape index (κ3) is 3.30. The second-order valence-corrected chi connectivity index (χ2v) is 9.34. The predicted octanol–water partition coefficient (Wildman–Crippen LogP) is 3.24. The number of anilines is 3. The molecule has 4 aliphatic rings. The smallest absolute Gasteiger partial charge is 0.268 e. The van der Waals surface area contributed by atoms with Crippen molar-refractivity contribution in [1.82, 2.24) is 19.8 Å². The summed E-state index contributed by atoms with van der Waals surface area (Å²) in [6.07, 6.45) is 8.48. The first kappa shape index (κ1) is 21.2. The Morgan fingerprint density at radius 2 is 2.12 bits per heavy atom. The first-order chi connectivity index (χ1) is 16.4. The molecular formula is C24H23ClFN7O. The van der Waals surface area contributed by atoms with Crippen molar-refractivity contribution in [3.63, 3.8) is 0 Å². The van der Waals surface area contributed by atoms with Gasteiger partial charge in [0.05, 0.1) is 6.54 Å². The van der Waals surface area contributed by atoms with Gasteiger partial charge in [-0.15, -0.1) is 11.6 Å². The van der Waals surface area contributed by atoms with E-state index in [1.54, 1.807) is 17.1 Å². The number of hydrogen-bond donors (Lipinski definition) is 1. The first-order valence-corrected chi connectivity index (χ1v) is 11.7. The van der Waals surface area contributed by atoms with Gasteiger partial charge in [0.25, 0.3) is 5.91 Å². The highest BCUT2D eigenvalue weighted by atomic mass is 35.5. The van der Waals surface area contributed by atoms with Crippen molar-refractivity contribution in [2.45, 2.75) is 24.1 Å². The number of carbonyl (C=O) groups excluding carboxylic acids is 1. The van der Waals surface area contributed by atoms with E-state index in [-0.39, 0.29) is 11.5 Å². The van der Waals surface area contributed by atoms with Gasteiger partial charge in [0.1, 0.15) is 10.9 Å². The average molecular weight is 480 g/mol. The Hall–Kier alpha value is -3.30. The van der Waals surface area contributed by atoms with E-state index in [0.717, 1.165) is 30.1 Å². The van der Waals surface area contributed by atoms with Crippen LogP contribution in [0.2, 0.25) is 0 Å². The van der Waals surface area contributed by atoms with Crippen LogP contribution in [-0.4, -0.2) is 69.5 Å². The Morgan fingerprint density at radius 3 is 2.97 bits per heavy atom. The maximum atomic E-state index is 16.0. The molecule has 10 heteroatoms. The maximum absolute atomic E-state index is 16.0. The molecule has 1 aromatic carbocycles. The zero-order valence-electron chi connectivity index (χ0n) is 18.6. The molecule has 1 aliphatic carbocycles. The molecule has 1 aromatic heterocycles. The third-order valence-corrected chi connectivity index (χ3v) is 7.04. The number of fused-ring (bicyclic) bond motifs is 4. The maximum Gasteiger partial charge on any atom is 0.268 e. The van der Waals surface area contributed by atoms with Crippen LogP contribution in [0, 0.1) is 0 Å². The van der Waals surface area contributed by atoms with Gasteiger partial charge in [0, 0.05) is 31.5 Å². The third-order valence-electron chi connectivity index (χ3n) is 6.59. The molecule has 2 atom stereocenters. The van der Waals surface area contributed by atoms with Crippen molar-refractivity contribution in [2.24, 2.45) is 4.99 Å². The van der Waals surface area contributed by atoms with E-state index in [1.165, 1.54) is 29.5 Å². The van der Waals surface area contributed by atoms with Crippen molar-refractivity contribution >= 4 is 40.9 Å². The van der Waals surface area contributed by atoms with Gasteiger partial charge in [0.15, 0.2) is 5.82 Å². The van der Waals surface area contributed by atoms with Crippen LogP contribution < -0.4 is 10.2 Å². The summed E-state index contributed by atoms with van der Waals surface area (Å²) < 4.78 is 16.0. The monoisotopic (exact) mass is 479 g/mol. The SMILES string of the molecule is CN1CCc2ccc(Nc3ncc4c(n3)N3CCN=C3N(C3(F)C=CC=CC3Cl)C4=O)cc2C1. The second kappa shape index (κ2) is 7.89. The fourth-order valence-electron chi connectivity index (χ4n) is 4.82. The highest BCUT2D eigenvalue weighted by molar-refractivity contribution is 6.25. The molecule has 3 aliphatic heterocycles. The normalized spacial score (nSPS) is 25.7. The Bertz CT molecular complexity index is 1280. The molecule has 1 N–H and O–H groups in total. The number of rotatable bonds is 3. The Balaban J connectivity index is 1.33. The second-order valence-electron chi connectivity index (χ2n) is 8.87. The number of aliphatic imine (C=N–C) groups is 1. The molecule has 0 spiro atoms. The van der Waals surface area contributed by atoms with Crippen molar-refractivity contribution in [3.8, 4) is 0 Å². The van der Waals surface area contributed by atoms with Gasteiger partial charge in [0.2, 0.25) is 17.7 Å². The zero-order chi connectivity index (χ0) is 23.4. The average Bonchev–Trinajstić information content (AvgIpc) is 3.30. The van der Waals surface area contributed by atoms with Crippen molar-refractivity contribution in [2.75, 3.05) is 36.9 Å². The predicted molar refractivity (Wildman–Crippen MR) is 129 cm³/mol. The summed E-state index contributed by atoms with van der Waals surface area (Å²) in [5, 5.41) is 2.21. The topological polar surface area (TPSA) is 77.0 Å². The molecule has 0 saturated carbocycles. The van der Waals surface area contributed by atoms with E-state index in [1.807, 2.05) is 6.07 Å². The highest BCUT2D eigenvalue weighted by Gasteiger charge is 2.52. The molecule has 0 bridgehead atoms. The van der Waals surface area contributed by atoms with Crippen molar-refractivity contribution < 1.29 is 9.18 Å². The van der Waals surface area contributed by atoms with E-state index >= 15 is 4.39 Å². The lowest BCUT2D eigenvalue weighted by atomic mass is 9.99. The number of aromatic nitrogens is 2. The molecule has 0 fully saturated rings. The van der Waals surface area contributed by atoms with Gasteiger partial charge in [-0.1, -0.05) is 24.3 Å². The molecule has 174 valence electrons. The van der Waals surface area contributed by atoms with Gasteiger partial charge >= 0.3 is 0 Å². The van der Waals surface area contributed by atoms with Crippen LogP contribution in [0.3, 0.4) is 0 Å². The number of hydrogen-bond acceptors (Lipinski definition) is 7. The number of halogens is 2. The van der Waals surface area contributed by atoms with E-state index in [2.05, 4.69) is 44.4 Å². The fourth-order valence-corrected chi connectivity index (χ4v) is 5.07. The molecule has 1 amide bonds. The largest absolute Gasteiger partial charge is 0.324 e. The van der Waals surface area contributed by atoms with E-state index < -0.39 is 17.1 Å². The summed E-state index contributed by atoms with van der Waals surface area (Å²) >= 11 is 6.29. The quantitative estimate of drug-likeness (QED) is 0.538. The summed E-state index contributed by atoms with van der Waals surface area (Å²) in [6.45, 7) is 2.85. The standard InChI is InChI=1S/C24H23ClFN7O/c1-31-10-7-15-5-6-17(12-16(15)14-31)29-22-28-13-18-20(30-22)32-11-9-27-23(32)33(21(18)34)24(26)8-3-2-4-19(24)25/h2-6,8,12-13,19H,7,9-11,14H2,1H3,(H,28,29,30). The van der Waals surface area contributed by atoms with Crippen LogP contribution in [0.25, 0.3) is 0 Å². The Morgan fingerprint density at radius 1 is 1.24 bits per heavy atom. The van der Waals surface area contributed by atoms with Crippen molar-refractivity contribution in [1.29, 1.82) is 0 Å². The molecule has 2 unspecified atom stereocenters. The number of guanidine groups is 1. The minimum atomic E-state index is -2.24. The number of nitrogens with one attached hydrogen (secondary N) is 1. The number of benzene rings is 1. The van der Waals surface area contributed by atoms with Crippen LogP contribution in [0.5, 0.6) is 0 Å². The van der Waals surface area contributed by atoms with Crippen LogP contribution >= 0.6 is 11.6 Å². The molecule has 6 rings (SSSR count). The van der Waals surface area contributed by atoms with Gasteiger partial charge in [-0.3, -0.25) is 14.7 Å². The Kier molecular flexibility index (Phi) is 4.93. The fraction of sp³-hybridized carbons (Fsp3) is 0.333. The summed E-state index contributed by atoms with van der Waals surface area (Å²) in [5.74, 6) is -1.81. The minimum Gasteiger partial charge on any atom is -0.324 e. The summed E-state index contributed by atoms with van der Waals surface area (Å²) in [4.78, 5) is 31.9. The van der Waals surface area contributed by atoms with E-state index in [9.17, 15) is 4.79 Å². The number of carbonyl (C=O) groups is 1. The zero-order valence-corrected chi connectivity index (χ0v) is 19.3. The van der Waals surface area contributed by atoms with Gasteiger partial charge in [-0.05, 0) is 42.8 Å². The van der Waals surface area contributed by atoms with E-state index in [0.29, 0.717) is 24.9 Å². The highest BCUT2D eigenvalue weighted by Crippen LogP contribution is 2.39. The van der Waals surface area contributed by atoms with Gasteiger partial charge in [-0.2, -0.15) is 4.98 Å². The Labute approximate surface area is 201 Å². The lowest BCUT2D eigenvalue weighted by Gasteiger charge is -2.43. The van der Waals surface area contributed by atoms with Gasteiger partial charge < -0.3 is 10.2 Å². The molecular weight excluding hydrogens is 457 g/mol. The number of nitrogens with zero attached hydrogens (tertiary/aromatic N) is 6. The lowest BCUT2D eigenvalue weighted by molar-refractivity contribution is 0.0443. The number of amides is 1. The van der Waals surface area contributed by atoms with Crippen molar-refractivity contribution in [3.05, 3.63) is 65.4 Å². The molecule has 0 saturated heterocycles. The summed E-state index contributed by atoms with van der Waals surface area (Å²) in [6, 6.07) is 6.25. The molecule has 4 heterocycles.